The van der Waals surface area contributed by atoms with Crippen molar-refractivity contribution < 1.29 is 4.79 Å². The number of anilines is 3. The van der Waals surface area contributed by atoms with Crippen LogP contribution in [-0.2, 0) is 4.79 Å². The Morgan fingerprint density at radius 1 is 0.865 bits per heavy atom. The zero-order valence-corrected chi connectivity index (χ0v) is 20.2. The summed E-state index contributed by atoms with van der Waals surface area (Å²) < 4.78 is 1.99. The summed E-state index contributed by atoms with van der Waals surface area (Å²) in [5, 5.41) is 3.19. The van der Waals surface area contributed by atoms with Crippen LogP contribution < -0.4 is 10.2 Å². The lowest BCUT2D eigenvalue weighted by Crippen LogP contribution is -2.48. The van der Waals surface area contributed by atoms with Crippen molar-refractivity contribution >= 4 is 29.0 Å². The van der Waals surface area contributed by atoms with Gasteiger partial charge in [-0.25, -0.2) is 29.9 Å². The van der Waals surface area contributed by atoms with E-state index in [2.05, 4.69) is 35.1 Å². The summed E-state index contributed by atoms with van der Waals surface area (Å²) in [6.07, 6.45) is 12.4. The predicted molar refractivity (Wildman–Crippen MR) is 139 cm³/mol. The van der Waals surface area contributed by atoms with Gasteiger partial charge in [0.15, 0.2) is 0 Å². The molecule has 0 unspecified atom stereocenters. The molecule has 1 aliphatic rings. The standard InChI is InChI=1S/C26H24N10O/c1-18(37)34-8-10-35(11-9-34)21-3-4-24(30-14-21)33-26-29-7-6-22(32-26)23-15-31-25-5-2-19(16-36(23)25)20-12-27-17-28-13-20/h2-7,12-17H,8-11H2,1H3,(H,29,30,32,33). The molecule has 1 aliphatic heterocycles. The molecule has 0 saturated carbocycles. The molecule has 5 aromatic heterocycles. The van der Waals surface area contributed by atoms with Crippen molar-refractivity contribution in [2.45, 2.75) is 6.92 Å². The predicted octanol–water partition coefficient (Wildman–Crippen LogP) is 3.06. The smallest absolute Gasteiger partial charge is 0.228 e. The Bertz CT molecular complexity index is 1540. The summed E-state index contributed by atoms with van der Waals surface area (Å²) in [5.74, 6) is 1.21. The van der Waals surface area contributed by atoms with Crippen molar-refractivity contribution in [3.63, 3.8) is 0 Å². The van der Waals surface area contributed by atoms with Crippen LogP contribution in [0.3, 0.4) is 0 Å². The van der Waals surface area contributed by atoms with E-state index in [0.29, 0.717) is 11.8 Å². The summed E-state index contributed by atoms with van der Waals surface area (Å²) >= 11 is 0. The maximum atomic E-state index is 11.6. The minimum atomic E-state index is 0.120. The first kappa shape index (κ1) is 22.5. The fourth-order valence-electron chi connectivity index (χ4n) is 4.39. The molecule has 0 aromatic carbocycles. The highest BCUT2D eigenvalue weighted by Gasteiger charge is 2.19. The first-order chi connectivity index (χ1) is 18.1. The van der Waals surface area contributed by atoms with Crippen LogP contribution in [0.1, 0.15) is 6.92 Å². The van der Waals surface area contributed by atoms with E-state index in [-0.39, 0.29) is 5.91 Å². The first-order valence-electron chi connectivity index (χ1n) is 11.9. The second-order valence-electron chi connectivity index (χ2n) is 8.70. The third-order valence-corrected chi connectivity index (χ3v) is 6.40. The molecule has 1 fully saturated rings. The fourth-order valence-corrected chi connectivity index (χ4v) is 4.39. The van der Waals surface area contributed by atoms with Crippen molar-refractivity contribution in [2.75, 3.05) is 36.4 Å². The van der Waals surface area contributed by atoms with Crippen molar-refractivity contribution in [1.29, 1.82) is 0 Å². The molecule has 1 saturated heterocycles. The highest BCUT2D eigenvalue weighted by Crippen LogP contribution is 2.25. The van der Waals surface area contributed by atoms with E-state index in [4.69, 9.17) is 4.98 Å². The summed E-state index contributed by atoms with van der Waals surface area (Å²) in [6.45, 7) is 4.64. The van der Waals surface area contributed by atoms with Crippen LogP contribution in [0.5, 0.6) is 0 Å². The molecule has 37 heavy (non-hydrogen) atoms. The minimum Gasteiger partial charge on any atom is -0.367 e. The monoisotopic (exact) mass is 492 g/mol. The highest BCUT2D eigenvalue weighted by molar-refractivity contribution is 5.73. The molecule has 1 amide bonds. The van der Waals surface area contributed by atoms with Crippen molar-refractivity contribution in [3.8, 4) is 22.5 Å². The van der Waals surface area contributed by atoms with Gasteiger partial charge in [0, 0.05) is 69.0 Å². The SMILES string of the molecule is CC(=O)N1CCN(c2ccc(Nc3nccc(-c4cnc5ccc(-c6cncnc6)cn45)n3)nc2)CC1. The van der Waals surface area contributed by atoms with Crippen LogP contribution in [0, 0.1) is 0 Å². The Kier molecular flexibility index (Phi) is 5.85. The van der Waals surface area contributed by atoms with Gasteiger partial charge in [-0.1, -0.05) is 0 Å². The maximum Gasteiger partial charge on any atom is 0.228 e. The maximum absolute atomic E-state index is 11.6. The van der Waals surface area contributed by atoms with Gasteiger partial charge < -0.3 is 15.1 Å². The topological polar surface area (TPSA) is 117 Å². The number of nitrogens with one attached hydrogen (secondary N) is 1. The lowest BCUT2D eigenvalue weighted by molar-refractivity contribution is -0.129. The van der Waals surface area contributed by atoms with E-state index in [1.165, 1.54) is 6.33 Å². The summed E-state index contributed by atoms with van der Waals surface area (Å²) in [4.78, 5) is 42.0. The zero-order chi connectivity index (χ0) is 25.2. The lowest BCUT2D eigenvalue weighted by atomic mass is 10.1. The molecule has 184 valence electrons. The van der Waals surface area contributed by atoms with Gasteiger partial charge in [0.2, 0.25) is 11.9 Å². The van der Waals surface area contributed by atoms with E-state index in [9.17, 15) is 4.79 Å². The molecule has 11 nitrogen and oxygen atoms in total. The molecule has 0 atom stereocenters. The number of rotatable bonds is 5. The Balaban J connectivity index is 1.20. The van der Waals surface area contributed by atoms with Gasteiger partial charge in [-0.3, -0.25) is 9.20 Å². The Morgan fingerprint density at radius 2 is 1.70 bits per heavy atom. The Hall–Kier alpha value is -4.93. The number of pyridine rings is 2. The number of carbonyl (C=O) groups excluding carboxylic acids is 1. The molecule has 6 rings (SSSR count). The van der Waals surface area contributed by atoms with Crippen molar-refractivity contribution in [3.05, 3.63) is 73.8 Å². The van der Waals surface area contributed by atoms with Gasteiger partial charge in [0.05, 0.1) is 29.5 Å². The zero-order valence-electron chi connectivity index (χ0n) is 20.2. The molecule has 0 bridgehead atoms. The Morgan fingerprint density at radius 3 is 2.46 bits per heavy atom. The fraction of sp³-hybridized carbons (Fsp3) is 0.192. The Labute approximate surface area is 212 Å². The lowest BCUT2D eigenvalue weighted by Gasteiger charge is -2.35. The van der Waals surface area contributed by atoms with Gasteiger partial charge in [-0.05, 0) is 30.3 Å². The molecule has 1 N–H and O–H groups in total. The molecule has 0 aliphatic carbocycles. The van der Waals surface area contributed by atoms with E-state index >= 15 is 0 Å². The van der Waals surface area contributed by atoms with Gasteiger partial charge >= 0.3 is 0 Å². The number of fused-ring (bicyclic) bond motifs is 1. The molecular weight excluding hydrogens is 468 g/mol. The van der Waals surface area contributed by atoms with Gasteiger partial charge in [0.25, 0.3) is 0 Å². The van der Waals surface area contributed by atoms with Crippen LogP contribution in [-0.4, -0.2) is 71.3 Å². The van der Waals surface area contributed by atoms with E-state index in [1.807, 2.05) is 52.0 Å². The number of hydrogen-bond donors (Lipinski definition) is 1. The van der Waals surface area contributed by atoms with E-state index in [1.54, 1.807) is 31.7 Å². The molecule has 0 spiro atoms. The largest absolute Gasteiger partial charge is 0.367 e. The second-order valence-corrected chi connectivity index (χ2v) is 8.70. The number of nitrogens with zero attached hydrogens (tertiary/aromatic N) is 9. The molecular formula is C26H24N10O. The summed E-state index contributed by atoms with van der Waals surface area (Å²) in [7, 11) is 0. The minimum absolute atomic E-state index is 0.120. The second kappa shape index (κ2) is 9.61. The summed E-state index contributed by atoms with van der Waals surface area (Å²) in [6, 6.07) is 9.73. The number of carbonyl (C=O) groups is 1. The third kappa shape index (κ3) is 4.66. The van der Waals surface area contributed by atoms with Crippen LogP contribution in [0.2, 0.25) is 0 Å². The third-order valence-electron chi connectivity index (χ3n) is 6.40. The van der Waals surface area contributed by atoms with Crippen molar-refractivity contribution in [2.24, 2.45) is 0 Å². The number of hydrogen-bond acceptors (Lipinski definition) is 9. The number of imidazole rings is 1. The normalized spacial score (nSPS) is 13.6. The van der Waals surface area contributed by atoms with Gasteiger partial charge in [-0.15, -0.1) is 0 Å². The van der Waals surface area contributed by atoms with Crippen LogP contribution in [0.15, 0.2) is 73.8 Å². The van der Waals surface area contributed by atoms with Crippen molar-refractivity contribution in [1.82, 2.24) is 39.2 Å². The quantitative estimate of drug-likeness (QED) is 0.395. The first-order valence-corrected chi connectivity index (χ1v) is 11.9. The van der Waals surface area contributed by atoms with Gasteiger partial charge in [0.1, 0.15) is 17.8 Å². The van der Waals surface area contributed by atoms with Crippen LogP contribution >= 0.6 is 0 Å². The number of piperazine rings is 1. The number of amides is 1. The average Bonchev–Trinajstić information content (AvgIpc) is 3.38. The summed E-state index contributed by atoms with van der Waals surface area (Å²) in [5.41, 5.74) is 5.30. The van der Waals surface area contributed by atoms with Gasteiger partial charge in [-0.2, -0.15) is 0 Å². The van der Waals surface area contributed by atoms with E-state index < -0.39 is 0 Å². The van der Waals surface area contributed by atoms with Crippen LogP contribution in [0.25, 0.3) is 28.2 Å². The average molecular weight is 493 g/mol. The molecule has 5 aromatic rings. The molecule has 0 radical (unpaired) electrons. The molecule has 6 heterocycles. The van der Waals surface area contributed by atoms with Crippen LogP contribution in [0.4, 0.5) is 17.5 Å². The van der Waals surface area contributed by atoms with E-state index in [0.717, 1.165) is 60.0 Å². The molecule has 11 heteroatoms. The highest BCUT2D eigenvalue weighted by atomic mass is 16.2. The number of aromatic nitrogens is 7.